The van der Waals surface area contributed by atoms with Crippen molar-refractivity contribution in [2.75, 3.05) is 17.7 Å². The van der Waals surface area contributed by atoms with Gasteiger partial charge in [-0.15, -0.1) is 0 Å². The lowest BCUT2D eigenvalue weighted by atomic mass is 10.1. The van der Waals surface area contributed by atoms with Crippen molar-refractivity contribution < 1.29 is 14.3 Å². The maximum Gasteiger partial charge on any atom is 0.255 e. The average Bonchev–Trinajstić information content (AvgIpc) is 3.28. The molecule has 0 fully saturated rings. The predicted octanol–water partition coefficient (Wildman–Crippen LogP) is 4.62. The largest absolute Gasteiger partial charge is 0.497 e. The Labute approximate surface area is 192 Å². The number of hydrogen-bond acceptors (Lipinski definition) is 4. The zero-order chi connectivity index (χ0) is 23.2. The van der Waals surface area contributed by atoms with E-state index in [1.807, 2.05) is 37.3 Å². The van der Waals surface area contributed by atoms with E-state index in [9.17, 15) is 9.59 Å². The topological polar surface area (TPSA) is 85.2 Å². The number of benzene rings is 3. The molecule has 2 N–H and O–H groups in total. The van der Waals surface area contributed by atoms with Crippen LogP contribution in [0.1, 0.15) is 21.5 Å². The fourth-order valence-electron chi connectivity index (χ4n) is 3.41. The molecule has 0 aliphatic rings. The van der Waals surface area contributed by atoms with Crippen molar-refractivity contribution in [1.29, 1.82) is 0 Å². The minimum Gasteiger partial charge on any atom is -0.497 e. The standard InChI is InChI=1S/C26H24N4O3/c1-18-5-3-6-19(13-18)14-25(31)28-22-16-27-30(17-22)23-8-4-7-20(15-23)26(32)29-21-9-11-24(33-2)12-10-21/h3-13,15-17H,14H2,1-2H3,(H,28,31)(H,29,32). The quantitative estimate of drug-likeness (QED) is 0.439. The van der Waals surface area contributed by atoms with Crippen molar-refractivity contribution in [1.82, 2.24) is 9.78 Å². The maximum absolute atomic E-state index is 12.7. The van der Waals surface area contributed by atoms with Crippen LogP contribution in [0.4, 0.5) is 11.4 Å². The molecule has 3 aromatic carbocycles. The summed E-state index contributed by atoms with van der Waals surface area (Å²) in [5.74, 6) is 0.365. The fourth-order valence-corrected chi connectivity index (χ4v) is 3.41. The van der Waals surface area contributed by atoms with E-state index in [0.717, 1.165) is 16.9 Å². The summed E-state index contributed by atoms with van der Waals surface area (Å²) in [5, 5.41) is 10.1. The molecule has 4 aromatic rings. The van der Waals surface area contributed by atoms with Crippen LogP contribution in [0.15, 0.2) is 85.2 Å². The van der Waals surface area contributed by atoms with Crippen molar-refractivity contribution in [3.8, 4) is 11.4 Å². The summed E-state index contributed by atoms with van der Waals surface area (Å²) >= 11 is 0. The lowest BCUT2D eigenvalue weighted by molar-refractivity contribution is -0.115. The Morgan fingerprint density at radius 3 is 2.48 bits per heavy atom. The Morgan fingerprint density at radius 1 is 0.939 bits per heavy atom. The SMILES string of the molecule is COc1ccc(NC(=O)c2cccc(-n3cc(NC(=O)Cc4cccc(C)c4)cn3)c2)cc1. The number of methoxy groups -OCH3 is 1. The van der Waals surface area contributed by atoms with Crippen LogP contribution in [0.5, 0.6) is 5.75 Å². The Morgan fingerprint density at radius 2 is 1.73 bits per heavy atom. The molecule has 0 spiro atoms. The van der Waals surface area contributed by atoms with Crippen LogP contribution < -0.4 is 15.4 Å². The molecule has 0 aliphatic carbocycles. The molecule has 0 bridgehead atoms. The van der Waals surface area contributed by atoms with Gasteiger partial charge in [0.15, 0.2) is 0 Å². The summed E-state index contributed by atoms with van der Waals surface area (Å²) < 4.78 is 6.75. The lowest BCUT2D eigenvalue weighted by Crippen LogP contribution is -2.14. The third-order valence-electron chi connectivity index (χ3n) is 5.03. The van der Waals surface area contributed by atoms with Crippen molar-refractivity contribution in [2.45, 2.75) is 13.3 Å². The lowest BCUT2D eigenvalue weighted by Gasteiger charge is -2.08. The number of ether oxygens (including phenoxy) is 1. The Kier molecular flexibility index (Phi) is 6.50. The van der Waals surface area contributed by atoms with Crippen LogP contribution in [0, 0.1) is 6.92 Å². The van der Waals surface area contributed by atoms with Gasteiger partial charge in [0, 0.05) is 11.3 Å². The first kappa shape index (κ1) is 21.8. The molecule has 0 radical (unpaired) electrons. The highest BCUT2D eigenvalue weighted by molar-refractivity contribution is 6.04. The zero-order valence-electron chi connectivity index (χ0n) is 18.4. The molecule has 0 atom stereocenters. The number of aromatic nitrogens is 2. The smallest absolute Gasteiger partial charge is 0.255 e. The Balaban J connectivity index is 1.42. The van der Waals surface area contributed by atoms with Crippen molar-refractivity contribution in [3.05, 3.63) is 102 Å². The molecule has 1 aromatic heterocycles. The summed E-state index contributed by atoms with van der Waals surface area (Å²) in [7, 11) is 1.59. The summed E-state index contributed by atoms with van der Waals surface area (Å²) in [6, 6.07) is 22.1. The molecule has 0 aliphatic heterocycles. The molecule has 166 valence electrons. The van der Waals surface area contributed by atoms with Crippen LogP contribution in [0.25, 0.3) is 5.69 Å². The zero-order valence-corrected chi connectivity index (χ0v) is 18.4. The van der Waals surface area contributed by atoms with Crippen LogP contribution in [-0.2, 0) is 11.2 Å². The number of carbonyl (C=O) groups is 2. The van der Waals surface area contributed by atoms with Crippen molar-refractivity contribution in [2.24, 2.45) is 0 Å². The second-order valence-corrected chi connectivity index (χ2v) is 7.62. The summed E-state index contributed by atoms with van der Waals surface area (Å²) in [6.45, 7) is 2.00. The first-order valence-corrected chi connectivity index (χ1v) is 10.5. The van der Waals surface area contributed by atoms with Crippen LogP contribution in [0.2, 0.25) is 0 Å². The minimum absolute atomic E-state index is 0.118. The van der Waals surface area contributed by atoms with Gasteiger partial charge in [-0.2, -0.15) is 5.10 Å². The first-order chi connectivity index (χ1) is 16.0. The summed E-state index contributed by atoms with van der Waals surface area (Å²) in [5.41, 5.74) is 4.52. The normalized spacial score (nSPS) is 10.5. The number of carbonyl (C=O) groups excluding carboxylic acids is 2. The number of nitrogens with zero attached hydrogens (tertiary/aromatic N) is 2. The third-order valence-corrected chi connectivity index (χ3v) is 5.03. The van der Waals surface area contributed by atoms with E-state index in [1.165, 1.54) is 0 Å². The fraction of sp³-hybridized carbons (Fsp3) is 0.115. The number of rotatable bonds is 7. The monoisotopic (exact) mass is 440 g/mol. The number of amides is 2. The highest BCUT2D eigenvalue weighted by atomic mass is 16.5. The second kappa shape index (κ2) is 9.82. The average molecular weight is 441 g/mol. The van der Waals surface area contributed by atoms with Gasteiger partial charge in [-0.05, 0) is 55.0 Å². The van der Waals surface area contributed by atoms with Crippen LogP contribution in [0.3, 0.4) is 0 Å². The van der Waals surface area contributed by atoms with Crippen LogP contribution in [-0.4, -0.2) is 28.7 Å². The molecule has 0 saturated heterocycles. The molecule has 0 unspecified atom stereocenters. The molecule has 7 heteroatoms. The molecule has 7 nitrogen and oxygen atoms in total. The van der Waals surface area contributed by atoms with E-state index in [2.05, 4.69) is 15.7 Å². The highest BCUT2D eigenvalue weighted by Gasteiger charge is 2.10. The second-order valence-electron chi connectivity index (χ2n) is 7.62. The molecular formula is C26H24N4O3. The van der Waals surface area contributed by atoms with Gasteiger partial charge in [-0.1, -0.05) is 35.9 Å². The van der Waals surface area contributed by atoms with Gasteiger partial charge in [0.25, 0.3) is 5.91 Å². The van der Waals surface area contributed by atoms with E-state index < -0.39 is 0 Å². The van der Waals surface area contributed by atoms with Gasteiger partial charge < -0.3 is 15.4 Å². The minimum atomic E-state index is -0.235. The molecule has 2 amide bonds. The Bertz CT molecular complexity index is 1280. The summed E-state index contributed by atoms with van der Waals surface area (Å²) in [6.07, 6.45) is 3.58. The van der Waals surface area contributed by atoms with E-state index in [4.69, 9.17) is 4.74 Å². The third kappa shape index (κ3) is 5.65. The number of nitrogens with one attached hydrogen (secondary N) is 2. The maximum atomic E-state index is 12.7. The molecule has 33 heavy (non-hydrogen) atoms. The highest BCUT2D eigenvalue weighted by Crippen LogP contribution is 2.18. The Hall–Kier alpha value is -4.39. The van der Waals surface area contributed by atoms with Gasteiger partial charge in [-0.25, -0.2) is 4.68 Å². The van der Waals surface area contributed by atoms with E-state index in [1.54, 1.807) is 66.6 Å². The van der Waals surface area contributed by atoms with Gasteiger partial charge in [-0.3, -0.25) is 9.59 Å². The van der Waals surface area contributed by atoms with Gasteiger partial charge >= 0.3 is 0 Å². The molecule has 1 heterocycles. The number of aryl methyl sites for hydroxylation is 1. The van der Waals surface area contributed by atoms with Crippen molar-refractivity contribution in [3.63, 3.8) is 0 Å². The predicted molar refractivity (Wildman–Crippen MR) is 128 cm³/mol. The van der Waals surface area contributed by atoms with Gasteiger partial charge in [0.2, 0.25) is 5.91 Å². The molecule has 4 rings (SSSR count). The van der Waals surface area contributed by atoms with E-state index in [-0.39, 0.29) is 18.2 Å². The first-order valence-electron chi connectivity index (χ1n) is 10.5. The van der Waals surface area contributed by atoms with Crippen molar-refractivity contribution >= 4 is 23.2 Å². The summed E-state index contributed by atoms with van der Waals surface area (Å²) in [4.78, 5) is 25.1. The van der Waals surface area contributed by atoms with E-state index >= 15 is 0 Å². The number of anilines is 2. The molecule has 0 saturated carbocycles. The van der Waals surface area contributed by atoms with Gasteiger partial charge in [0.1, 0.15) is 5.75 Å². The van der Waals surface area contributed by atoms with Gasteiger partial charge in [0.05, 0.1) is 37.3 Å². The van der Waals surface area contributed by atoms with E-state index in [0.29, 0.717) is 22.6 Å². The number of hydrogen-bond donors (Lipinski definition) is 2. The molecular weight excluding hydrogens is 416 g/mol. The van der Waals surface area contributed by atoms with Crippen LogP contribution >= 0.6 is 0 Å².